The summed E-state index contributed by atoms with van der Waals surface area (Å²) in [6.07, 6.45) is 6.58. The Balaban J connectivity index is 0.00000292. The van der Waals surface area contributed by atoms with E-state index in [1.807, 2.05) is 48.8 Å². The minimum absolute atomic E-state index is 0. The monoisotopic (exact) mass is 772 g/mol. The number of fused-ring (bicyclic) bond motifs is 11. The summed E-state index contributed by atoms with van der Waals surface area (Å²) in [6, 6.07) is 38.3. The summed E-state index contributed by atoms with van der Waals surface area (Å²) in [7, 11) is 0. The fourth-order valence-electron chi connectivity index (χ4n) is 6.99. The van der Waals surface area contributed by atoms with Crippen LogP contribution in [0.1, 0.15) is 16.7 Å². The number of hydrogen-bond donors (Lipinski definition) is 0. The van der Waals surface area contributed by atoms with Crippen LogP contribution < -0.4 is 4.74 Å². The van der Waals surface area contributed by atoms with Crippen LogP contribution in [0.3, 0.4) is 0 Å². The molecule has 0 spiro atoms. The van der Waals surface area contributed by atoms with E-state index in [0.717, 1.165) is 61.9 Å². The second-order valence-corrected chi connectivity index (χ2v) is 11.6. The van der Waals surface area contributed by atoms with Gasteiger partial charge in [-0.1, -0.05) is 71.1 Å². The molecular formula is C39H23N5OPt. The van der Waals surface area contributed by atoms with Crippen molar-refractivity contribution < 1.29 is 25.8 Å². The number of rotatable bonds is 3. The number of imidazole rings is 1. The Hall–Kier alpha value is -5.32. The van der Waals surface area contributed by atoms with E-state index in [4.69, 9.17) is 19.7 Å². The molecular weight excluding hydrogens is 750 g/mol. The molecule has 0 saturated carbocycles. The molecule has 0 unspecified atom stereocenters. The Morgan fingerprint density at radius 1 is 0.674 bits per heavy atom. The number of ether oxygens (including phenoxy) is 1. The van der Waals surface area contributed by atoms with Gasteiger partial charge in [-0.2, -0.15) is 6.07 Å². The van der Waals surface area contributed by atoms with Gasteiger partial charge in [-0.15, -0.1) is 29.8 Å². The quantitative estimate of drug-likeness (QED) is 0.133. The third-order valence-electron chi connectivity index (χ3n) is 9.01. The molecule has 10 rings (SSSR count). The number of nitrogens with zero attached hydrogens (tertiary/aromatic N) is 5. The second-order valence-electron chi connectivity index (χ2n) is 11.6. The molecule has 0 N–H and O–H groups in total. The fraction of sp³-hybridized carbons (Fsp3) is 0.0513. The maximum absolute atomic E-state index is 6.50. The zero-order chi connectivity index (χ0) is 29.6. The zero-order valence-electron chi connectivity index (χ0n) is 24.6. The van der Waals surface area contributed by atoms with Gasteiger partial charge < -0.3 is 13.7 Å². The predicted molar refractivity (Wildman–Crippen MR) is 177 cm³/mol. The van der Waals surface area contributed by atoms with Crippen molar-refractivity contribution >= 4 is 49.4 Å². The SMILES string of the molecule is Cc1ccccc1-c1cn2c(n1)c1[c-]c(Oc3[c-]c4c(cc3)Cc3cccc5c6cccnc6n-4c35)ccc1c1cccnc12.[Pt+2]. The van der Waals surface area contributed by atoms with Gasteiger partial charge in [0.1, 0.15) is 11.3 Å². The van der Waals surface area contributed by atoms with Gasteiger partial charge in [-0.3, -0.25) is 4.98 Å². The van der Waals surface area contributed by atoms with Crippen molar-refractivity contribution in [1.29, 1.82) is 0 Å². The number of pyridine rings is 3. The van der Waals surface area contributed by atoms with Crippen molar-refractivity contribution in [2.24, 2.45) is 0 Å². The van der Waals surface area contributed by atoms with Gasteiger partial charge in [0.25, 0.3) is 0 Å². The van der Waals surface area contributed by atoms with Crippen LogP contribution in [0, 0.1) is 19.1 Å². The molecule has 6 heterocycles. The van der Waals surface area contributed by atoms with Gasteiger partial charge in [-0.25, -0.2) is 9.97 Å². The van der Waals surface area contributed by atoms with Crippen LogP contribution in [0.4, 0.5) is 0 Å². The fourth-order valence-corrected chi connectivity index (χ4v) is 6.99. The van der Waals surface area contributed by atoms with Gasteiger partial charge in [0.2, 0.25) is 0 Å². The van der Waals surface area contributed by atoms with Crippen molar-refractivity contribution in [2.75, 3.05) is 0 Å². The van der Waals surface area contributed by atoms with E-state index >= 15 is 0 Å². The molecule has 5 aromatic heterocycles. The summed E-state index contributed by atoms with van der Waals surface area (Å²) in [5.74, 6) is 1.22. The van der Waals surface area contributed by atoms with E-state index in [1.54, 1.807) is 0 Å². The molecule has 0 fully saturated rings. The molecule has 0 bridgehead atoms. The number of aromatic nitrogens is 5. The first-order valence-corrected chi connectivity index (χ1v) is 15.0. The van der Waals surface area contributed by atoms with Crippen LogP contribution in [0.2, 0.25) is 0 Å². The normalized spacial score (nSPS) is 12.2. The minimum Gasteiger partial charge on any atom is -0.503 e. The smallest absolute Gasteiger partial charge is 0.503 e. The molecule has 7 heteroatoms. The summed E-state index contributed by atoms with van der Waals surface area (Å²) in [5, 5.41) is 5.28. The van der Waals surface area contributed by atoms with Crippen LogP contribution in [-0.4, -0.2) is 23.9 Å². The Morgan fingerprint density at radius 2 is 1.43 bits per heavy atom. The largest absolute Gasteiger partial charge is 2.00 e. The van der Waals surface area contributed by atoms with Crippen LogP contribution in [0.15, 0.2) is 110 Å². The molecule has 0 radical (unpaired) electrons. The summed E-state index contributed by atoms with van der Waals surface area (Å²) >= 11 is 0. The minimum atomic E-state index is 0. The van der Waals surface area contributed by atoms with Crippen molar-refractivity contribution in [3.8, 4) is 28.4 Å². The number of aryl methyl sites for hydroxylation is 1. The Kier molecular flexibility index (Phi) is 5.93. The second kappa shape index (κ2) is 10.1. The van der Waals surface area contributed by atoms with E-state index in [2.05, 4.69) is 88.8 Å². The molecule has 46 heavy (non-hydrogen) atoms. The Labute approximate surface area is 278 Å². The predicted octanol–water partition coefficient (Wildman–Crippen LogP) is 8.80. The average molecular weight is 773 g/mol. The van der Waals surface area contributed by atoms with Gasteiger partial charge in [0, 0.05) is 46.4 Å². The third kappa shape index (κ3) is 3.83. The molecule has 1 aliphatic heterocycles. The molecule has 1 aliphatic rings. The first-order chi connectivity index (χ1) is 22.2. The molecule has 220 valence electrons. The van der Waals surface area contributed by atoms with Gasteiger partial charge in [0.15, 0.2) is 0 Å². The van der Waals surface area contributed by atoms with Gasteiger partial charge >= 0.3 is 21.1 Å². The van der Waals surface area contributed by atoms with Gasteiger partial charge in [-0.05, 0) is 48.1 Å². The van der Waals surface area contributed by atoms with Crippen molar-refractivity contribution in [1.82, 2.24) is 23.9 Å². The molecule has 4 aromatic carbocycles. The summed E-state index contributed by atoms with van der Waals surface area (Å²) in [6.45, 7) is 2.11. The molecule has 6 nitrogen and oxygen atoms in total. The third-order valence-corrected chi connectivity index (χ3v) is 9.01. The molecule has 0 amide bonds. The van der Waals surface area contributed by atoms with E-state index in [9.17, 15) is 0 Å². The molecule has 9 aromatic rings. The maximum atomic E-state index is 6.50. The number of hydrogen-bond acceptors (Lipinski definition) is 4. The van der Waals surface area contributed by atoms with Crippen LogP contribution in [-0.2, 0) is 27.5 Å². The maximum Gasteiger partial charge on any atom is 2.00 e. The molecule has 0 atom stereocenters. The van der Waals surface area contributed by atoms with Crippen LogP contribution in [0.5, 0.6) is 11.5 Å². The van der Waals surface area contributed by atoms with Crippen molar-refractivity contribution in [2.45, 2.75) is 13.3 Å². The number of para-hydroxylation sites is 1. The zero-order valence-corrected chi connectivity index (χ0v) is 26.8. The summed E-state index contributed by atoms with van der Waals surface area (Å²) in [4.78, 5) is 14.6. The average Bonchev–Trinajstić information content (AvgIpc) is 3.67. The van der Waals surface area contributed by atoms with Crippen molar-refractivity contribution in [3.63, 3.8) is 0 Å². The van der Waals surface area contributed by atoms with Crippen molar-refractivity contribution in [3.05, 3.63) is 138 Å². The first-order valence-electron chi connectivity index (χ1n) is 15.0. The summed E-state index contributed by atoms with van der Waals surface area (Å²) < 4.78 is 10.8. The summed E-state index contributed by atoms with van der Waals surface area (Å²) in [5.41, 5.74) is 10.4. The van der Waals surface area contributed by atoms with Gasteiger partial charge in [0.05, 0.1) is 16.9 Å². The van der Waals surface area contributed by atoms with E-state index in [0.29, 0.717) is 11.5 Å². The first kappa shape index (κ1) is 27.0. The van der Waals surface area contributed by atoms with E-state index in [-0.39, 0.29) is 21.1 Å². The van der Waals surface area contributed by atoms with Crippen LogP contribution in [0.25, 0.3) is 66.3 Å². The Morgan fingerprint density at radius 3 is 2.30 bits per heavy atom. The standard InChI is InChI=1S/C39H23N5O.Pt/c1-23-7-2-3-9-28(23)34-22-43-37-31(11-5-17-40-37)29-16-15-26(20-33(29)39(43)42-34)45-27-14-13-24-19-25-8-4-10-30-32-12-6-18-41-38(32)44(36(25)30)35(24)21-27;/h2-18,22H,19H2,1H3;/q-2;+2. The molecule has 0 saturated heterocycles. The number of benzene rings is 4. The van der Waals surface area contributed by atoms with Crippen LogP contribution >= 0.6 is 0 Å². The Bertz CT molecular complexity index is 2690. The van der Waals surface area contributed by atoms with E-state index < -0.39 is 0 Å². The topological polar surface area (TPSA) is 57.2 Å². The van der Waals surface area contributed by atoms with E-state index in [1.165, 1.54) is 27.6 Å². The molecule has 0 aliphatic carbocycles.